The van der Waals surface area contributed by atoms with Gasteiger partial charge in [0, 0.05) is 0 Å². The number of benzene rings is 3. The van der Waals surface area contributed by atoms with Crippen LogP contribution in [0.25, 0.3) is 16.7 Å². The summed E-state index contributed by atoms with van der Waals surface area (Å²) in [6.07, 6.45) is 4.29. The molecule has 0 heterocycles. The van der Waals surface area contributed by atoms with Gasteiger partial charge >= 0.3 is 0 Å². The Morgan fingerprint density at radius 2 is 1.44 bits per heavy atom. The smallest absolute Gasteiger partial charge is 0.00230 e. The summed E-state index contributed by atoms with van der Waals surface area (Å²) >= 11 is 0. The van der Waals surface area contributed by atoms with Gasteiger partial charge in [-0.2, -0.15) is 0 Å². The Morgan fingerprint density at radius 3 is 2.07 bits per heavy atom. The molecule has 0 bridgehead atoms. The molecule has 0 spiro atoms. The summed E-state index contributed by atoms with van der Waals surface area (Å²) in [5.41, 5.74) is 10.5. The van der Waals surface area contributed by atoms with E-state index in [1.165, 1.54) is 50.9 Å². The molecule has 0 N–H and O–H groups in total. The molecule has 0 saturated heterocycles. The first-order chi connectivity index (χ1) is 13.1. The van der Waals surface area contributed by atoms with Crippen LogP contribution in [0.1, 0.15) is 48.1 Å². The normalized spacial score (nSPS) is 10.8. The van der Waals surface area contributed by atoms with Crippen LogP contribution in [0.2, 0.25) is 0 Å². The third-order valence-electron chi connectivity index (χ3n) is 5.28. The van der Waals surface area contributed by atoms with Crippen LogP contribution in [0.15, 0.2) is 73.3 Å². The number of hydrogen-bond acceptors (Lipinski definition) is 0. The molecule has 138 valence electrons. The standard InChI is InChI=1S/C27H30/c1-5-7-22-10-14-25(15-11-22)27-17-16-26(23(6-2)19-27)18-21(4)24-12-8-20(3)9-13-24/h8-17,19H,4-7,18H2,1-3H3. The van der Waals surface area contributed by atoms with Gasteiger partial charge in [-0.15, -0.1) is 0 Å². The van der Waals surface area contributed by atoms with Crippen LogP contribution in [0.4, 0.5) is 0 Å². The largest absolute Gasteiger partial charge is 0.0949 e. The highest BCUT2D eigenvalue weighted by Crippen LogP contribution is 2.27. The van der Waals surface area contributed by atoms with Crippen LogP contribution < -0.4 is 0 Å². The Hall–Kier alpha value is -2.60. The van der Waals surface area contributed by atoms with E-state index in [-0.39, 0.29) is 0 Å². The highest BCUT2D eigenvalue weighted by Gasteiger charge is 2.08. The minimum Gasteiger partial charge on any atom is -0.0949 e. The highest BCUT2D eigenvalue weighted by molar-refractivity contribution is 5.69. The van der Waals surface area contributed by atoms with E-state index < -0.39 is 0 Å². The van der Waals surface area contributed by atoms with Crippen molar-refractivity contribution >= 4 is 5.57 Å². The van der Waals surface area contributed by atoms with Crippen LogP contribution in [-0.4, -0.2) is 0 Å². The molecule has 0 aromatic heterocycles. The lowest BCUT2D eigenvalue weighted by Crippen LogP contribution is -1.96. The molecule has 3 rings (SSSR count). The zero-order chi connectivity index (χ0) is 19.2. The quantitative estimate of drug-likeness (QED) is 0.414. The topological polar surface area (TPSA) is 0 Å². The molecule has 0 nitrogen and oxygen atoms in total. The second-order valence-corrected chi connectivity index (χ2v) is 7.43. The minimum absolute atomic E-state index is 0.905. The maximum Gasteiger partial charge on any atom is -0.00230 e. The van der Waals surface area contributed by atoms with Gasteiger partial charge in [0.1, 0.15) is 0 Å². The van der Waals surface area contributed by atoms with E-state index in [0.29, 0.717) is 0 Å². The first-order valence-electron chi connectivity index (χ1n) is 10.1. The molecule has 0 radical (unpaired) electrons. The second-order valence-electron chi connectivity index (χ2n) is 7.43. The van der Waals surface area contributed by atoms with E-state index in [0.717, 1.165) is 19.3 Å². The van der Waals surface area contributed by atoms with E-state index in [4.69, 9.17) is 0 Å². The molecule has 0 saturated carbocycles. The Labute approximate surface area is 164 Å². The Kier molecular flexibility index (Phi) is 6.29. The fourth-order valence-corrected chi connectivity index (χ4v) is 3.58. The summed E-state index contributed by atoms with van der Waals surface area (Å²) in [6, 6.07) is 24.6. The average molecular weight is 355 g/mol. The Bertz CT molecular complexity index is 896. The van der Waals surface area contributed by atoms with Crippen LogP contribution in [-0.2, 0) is 19.3 Å². The first-order valence-corrected chi connectivity index (χ1v) is 10.1. The van der Waals surface area contributed by atoms with Crippen molar-refractivity contribution in [2.75, 3.05) is 0 Å². The number of rotatable bonds is 7. The zero-order valence-electron chi connectivity index (χ0n) is 16.9. The Balaban J connectivity index is 1.81. The van der Waals surface area contributed by atoms with Crippen molar-refractivity contribution in [3.63, 3.8) is 0 Å². The minimum atomic E-state index is 0.905. The van der Waals surface area contributed by atoms with Gasteiger partial charge in [-0.1, -0.05) is 99.1 Å². The van der Waals surface area contributed by atoms with Crippen molar-refractivity contribution in [2.24, 2.45) is 0 Å². The van der Waals surface area contributed by atoms with Gasteiger partial charge in [0.25, 0.3) is 0 Å². The summed E-state index contributed by atoms with van der Waals surface area (Å²) in [5.74, 6) is 0. The van der Waals surface area contributed by atoms with E-state index in [9.17, 15) is 0 Å². The van der Waals surface area contributed by atoms with Gasteiger partial charge in [-0.25, -0.2) is 0 Å². The van der Waals surface area contributed by atoms with Crippen molar-refractivity contribution in [1.29, 1.82) is 0 Å². The summed E-state index contributed by atoms with van der Waals surface area (Å²) in [5, 5.41) is 0. The first kappa shape index (κ1) is 19.2. The molecule has 0 aliphatic carbocycles. The predicted molar refractivity (Wildman–Crippen MR) is 119 cm³/mol. The molecule has 27 heavy (non-hydrogen) atoms. The number of hydrogen-bond donors (Lipinski definition) is 0. The maximum atomic E-state index is 4.33. The molecule has 0 unspecified atom stereocenters. The Morgan fingerprint density at radius 1 is 0.778 bits per heavy atom. The predicted octanol–water partition coefficient (Wildman–Crippen LogP) is 7.43. The molecule has 0 heteroatoms. The zero-order valence-corrected chi connectivity index (χ0v) is 16.9. The van der Waals surface area contributed by atoms with Crippen LogP contribution in [0.3, 0.4) is 0 Å². The molecule has 0 aliphatic heterocycles. The summed E-state index contributed by atoms with van der Waals surface area (Å²) in [6.45, 7) is 10.9. The van der Waals surface area contributed by atoms with E-state index >= 15 is 0 Å². The van der Waals surface area contributed by atoms with Crippen molar-refractivity contribution in [3.05, 3.63) is 101 Å². The molecular weight excluding hydrogens is 324 g/mol. The van der Waals surface area contributed by atoms with Crippen molar-refractivity contribution in [2.45, 2.75) is 46.5 Å². The van der Waals surface area contributed by atoms with Gasteiger partial charge < -0.3 is 0 Å². The van der Waals surface area contributed by atoms with E-state index in [1.54, 1.807) is 0 Å². The lowest BCUT2D eigenvalue weighted by molar-refractivity contribution is 0.922. The lowest BCUT2D eigenvalue weighted by atomic mass is 9.92. The average Bonchev–Trinajstić information content (AvgIpc) is 2.69. The fourth-order valence-electron chi connectivity index (χ4n) is 3.58. The number of aryl methyl sites for hydroxylation is 3. The van der Waals surface area contributed by atoms with Gasteiger partial charge in [-0.05, 0) is 65.1 Å². The van der Waals surface area contributed by atoms with Gasteiger partial charge in [0.15, 0.2) is 0 Å². The van der Waals surface area contributed by atoms with Gasteiger partial charge in [-0.3, -0.25) is 0 Å². The van der Waals surface area contributed by atoms with Gasteiger partial charge in [0.05, 0.1) is 0 Å². The monoisotopic (exact) mass is 354 g/mol. The molecule has 0 aliphatic rings. The summed E-state index contributed by atoms with van der Waals surface area (Å²) in [7, 11) is 0. The van der Waals surface area contributed by atoms with Crippen LogP contribution in [0.5, 0.6) is 0 Å². The molecule has 0 amide bonds. The third-order valence-corrected chi connectivity index (χ3v) is 5.28. The maximum absolute atomic E-state index is 4.33. The molecule has 0 fully saturated rings. The molecule has 3 aromatic rings. The van der Waals surface area contributed by atoms with Crippen molar-refractivity contribution < 1.29 is 0 Å². The van der Waals surface area contributed by atoms with Gasteiger partial charge in [0.2, 0.25) is 0 Å². The second kappa shape index (κ2) is 8.86. The summed E-state index contributed by atoms with van der Waals surface area (Å²) < 4.78 is 0. The van der Waals surface area contributed by atoms with Crippen molar-refractivity contribution in [1.82, 2.24) is 0 Å². The van der Waals surface area contributed by atoms with Crippen molar-refractivity contribution in [3.8, 4) is 11.1 Å². The fraction of sp³-hybridized carbons (Fsp3) is 0.259. The molecule has 3 aromatic carbocycles. The highest BCUT2D eigenvalue weighted by atomic mass is 14.1. The summed E-state index contributed by atoms with van der Waals surface area (Å²) in [4.78, 5) is 0. The van der Waals surface area contributed by atoms with E-state index in [2.05, 4.69) is 94.1 Å². The SMILES string of the molecule is C=C(Cc1ccc(-c2ccc(CCC)cc2)cc1CC)c1ccc(C)cc1. The molecular formula is C27H30. The van der Waals surface area contributed by atoms with Crippen LogP contribution >= 0.6 is 0 Å². The van der Waals surface area contributed by atoms with Crippen LogP contribution in [0, 0.1) is 6.92 Å². The number of allylic oxidation sites excluding steroid dienone is 1. The molecule has 0 atom stereocenters. The third kappa shape index (κ3) is 4.77. The lowest BCUT2D eigenvalue weighted by Gasteiger charge is -2.13. The van der Waals surface area contributed by atoms with E-state index in [1.807, 2.05) is 0 Å².